The quantitative estimate of drug-likeness (QED) is 0.456. The van der Waals surface area contributed by atoms with Gasteiger partial charge in [0.2, 0.25) is 0 Å². The molecule has 0 aromatic carbocycles. The summed E-state index contributed by atoms with van der Waals surface area (Å²) < 4.78 is 12.4. The Labute approximate surface area is 50.1 Å². The standard InChI is InChI=1S/C7H13F/c1-6-3-2-4-7(8)5-6/h6-7H,2-5H2,1H3/t6-,7?/m1/s1. The lowest BCUT2D eigenvalue weighted by Gasteiger charge is -2.20. The zero-order valence-corrected chi connectivity index (χ0v) is 5.36. The second kappa shape index (κ2) is 2.47. The first kappa shape index (κ1) is 6.06. The van der Waals surface area contributed by atoms with Gasteiger partial charge in [-0.05, 0) is 18.8 Å². The van der Waals surface area contributed by atoms with Gasteiger partial charge >= 0.3 is 0 Å². The zero-order chi connectivity index (χ0) is 5.98. The highest BCUT2D eigenvalue weighted by atomic mass is 19.1. The molecule has 0 spiro atoms. The molecule has 0 heterocycles. The van der Waals surface area contributed by atoms with Crippen LogP contribution in [-0.2, 0) is 0 Å². The van der Waals surface area contributed by atoms with Crippen molar-refractivity contribution in [2.24, 2.45) is 5.92 Å². The first-order valence-corrected chi connectivity index (χ1v) is 3.43. The molecule has 1 fully saturated rings. The predicted molar refractivity (Wildman–Crippen MR) is 32.5 cm³/mol. The molecule has 0 aromatic rings. The topological polar surface area (TPSA) is 0 Å². The maximum Gasteiger partial charge on any atom is 0.100 e. The lowest BCUT2D eigenvalue weighted by molar-refractivity contribution is 0.208. The number of rotatable bonds is 0. The van der Waals surface area contributed by atoms with Gasteiger partial charge in [-0.15, -0.1) is 0 Å². The third kappa shape index (κ3) is 1.46. The van der Waals surface area contributed by atoms with E-state index in [1.54, 1.807) is 0 Å². The van der Waals surface area contributed by atoms with Crippen molar-refractivity contribution >= 4 is 0 Å². The summed E-state index contributed by atoms with van der Waals surface area (Å²) in [5, 5.41) is 0. The van der Waals surface area contributed by atoms with E-state index in [-0.39, 0.29) is 0 Å². The van der Waals surface area contributed by atoms with E-state index in [4.69, 9.17) is 0 Å². The molecule has 1 aliphatic rings. The summed E-state index contributed by atoms with van der Waals surface area (Å²) in [5.74, 6) is 0.638. The maximum absolute atomic E-state index is 12.4. The molecule has 1 heteroatoms. The highest BCUT2D eigenvalue weighted by Gasteiger charge is 2.16. The van der Waals surface area contributed by atoms with Crippen molar-refractivity contribution in [3.63, 3.8) is 0 Å². The molecule has 48 valence electrons. The van der Waals surface area contributed by atoms with E-state index >= 15 is 0 Å². The zero-order valence-electron chi connectivity index (χ0n) is 5.36. The molecule has 0 N–H and O–H groups in total. The summed E-state index contributed by atoms with van der Waals surface area (Å²) in [6.07, 6.45) is 3.46. The first-order chi connectivity index (χ1) is 3.79. The van der Waals surface area contributed by atoms with Crippen LogP contribution in [0.15, 0.2) is 0 Å². The molecule has 0 radical (unpaired) electrons. The lowest BCUT2D eigenvalue weighted by atomic mass is 9.90. The highest BCUT2D eigenvalue weighted by Crippen LogP contribution is 2.25. The van der Waals surface area contributed by atoms with E-state index in [0.717, 1.165) is 19.3 Å². The Hall–Kier alpha value is -0.0700. The van der Waals surface area contributed by atoms with E-state index in [2.05, 4.69) is 6.92 Å². The van der Waals surface area contributed by atoms with Crippen LogP contribution in [0.25, 0.3) is 0 Å². The van der Waals surface area contributed by atoms with E-state index in [9.17, 15) is 4.39 Å². The van der Waals surface area contributed by atoms with Crippen LogP contribution in [-0.4, -0.2) is 6.17 Å². The van der Waals surface area contributed by atoms with Gasteiger partial charge in [-0.3, -0.25) is 0 Å². The monoisotopic (exact) mass is 116 g/mol. The summed E-state index contributed by atoms with van der Waals surface area (Å²) in [7, 11) is 0. The minimum atomic E-state index is -0.487. The Morgan fingerprint density at radius 2 is 2.12 bits per heavy atom. The minimum absolute atomic E-state index is 0.487. The number of hydrogen-bond donors (Lipinski definition) is 0. The Bertz CT molecular complexity index is 62.8. The van der Waals surface area contributed by atoms with Crippen LogP contribution >= 0.6 is 0 Å². The van der Waals surface area contributed by atoms with Crippen molar-refractivity contribution in [1.82, 2.24) is 0 Å². The number of halogens is 1. The van der Waals surface area contributed by atoms with Gasteiger partial charge in [0, 0.05) is 0 Å². The summed E-state index contributed by atoms with van der Waals surface area (Å²) in [4.78, 5) is 0. The normalized spacial score (nSPS) is 39.8. The fourth-order valence-corrected chi connectivity index (χ4v) is 1.36. The third-order valence-electron chi connectivity index (χ3n) is 1.87. The molecule has 1 rings (SSSR count). The third-order valence-corrected chi connectivity index (χ3v) is 1.87. The SMILES string of the molecule is C[C@@H]1CCCC(F)C1. The Kier molecular flexibility index (Phi) is 1.87. The van der Waals surface area contributed by atoms with Crippen LogP contribution in [0.5, 0.6) is 0 Å². The van der Waals surface area contributed by atoms with E-state index in [1.807, 2.05) is 0 Å². The first-order valence-electron chi connectivity index (χ1n) is 3.43. The fourth-order valence-electron chi connectivity index (χ4n) is 1.36. The average Bonchev–Trinajstić information content (AvgIpc) is 1.64. The molecule has 0 aromatic heterocycles. The Morgan fingerprint density at radius 3 is 2.50 bits per heavy atom. The van der Waals surface area contributed by atoms with Crippen molar-refractivity contribution < 1.29 is 4.39 Å². The molecule has 0 nitrogen and oxygen atoms in total. The molecule has 0 saturated heterocycles. The van der Waals surface area contributed by atoms with Crippen LogP contribution in [0.3, 0.4) is 0 Å². The highest BCUT2D eigenvalue weighted by molar-refractivity contribution is 4.68. The molecule has 2 atom stereocenters. The van der Waals surface area contributed by atoms with Crippen molar-refractivity contribution in [1.29, 1.82) is 0 Å². The summed E-state index contributed by atoms with van der Waals surface area (Å²) in [5.41, 5.74) is 0. The van der Waals surface area contributed by atoms with Crippen LogP contribution in [0.4, 0.5) is 4.39 Å². The summed E-state index contributed by atoms with van der Waals surface area (Å²) in [6, 6.07) is 0. The van der Waals surface area contributed by atoms with Crippen molar-refractivity contribution in [3.8, 4) is 0 Å². The molecule has 0 amide bonds. The van der Waals surface area contributed by atoms with E-state index in [1.165, 1.54) is 6.42 Å². The molecule has 8 heavy (non-hydrogen) atoms. The second-order valence-electron chi connectivity index (χ2n) is 2.87. The molecule has 0 bridgehead atoms. The van der Waals surface area contributed by atoms with Gasteiger partial charge in [-0.2, -0.15) is 0 Å². The van der Waals surface area contributed by atoms with Gasteiger partial charge < -0.3 is 0 Å². The summed E-state index contributed by atoms with van der Waals surface area (Å²) in [6.45, 7) is 2.13. The minimum Gasteiger partial charge on any atom is -0.247 e. The van der Waals surface area contributed by atoms with Crippen LogP contribution in [0.1, 0.15) is 32.6 Å². The molecule has 0 aliphatic heterocycles. The average molecular weight is 116 g/mol. The van der Waals surface area contributed by atoms with Crippen LogP contribution in [0, 0.1) is 5.92 Å². The van der Waals surface area contributed by atoms with Crippen molar-refractivity contribution in [3.05, 3.63) is 0 Å². The van der Waals surface area contributed by atoms with Gasteiger partial charge in [-0.1, -0.05) is 19.8 Å². The van der Waals surface area contributed by atoms with Gasteiger partial charge in [0.05, 0.1) is 0 Å². The van der Waals surface area contributed by atoms with Gasteiger partial charge in [-0.25, -0.2) is 4.39 Å². The van der Waals surface area contributed by atoms with Crippen LogP contribution < -0.4 is 0 Å². The smallest absolute Gasteiger partial charge is 0.100 e. The van der Waals surface area contributed by atoms with Gasteiger partial charge in [0.15, 0.2) is 0 Å². The maximum atomic E-state index is 12.4. The lowest BCUT2D eigenvalue weighted by Crippen LogP contribution is -2.12. The fraction of sp³-hybridized carbons (Fsp3) is 1.00. The van der Waals surface area contributed by atoms with Crippen molar-refractivity contribution in [2.45, 2.75) is 38.8 Å². The Morgan fingerprint density at radius 1 is 1.38 bits per heavy atom. The predicted octanol–water partition coefficient (Wildman–Crippen LogP) is 2.53. The number of hydrogen-bond acceptors (Lipinski definition) is 0. The van der Waals surface area contributed by atoms with Crippen molar-refractivity contribution in [2.75, 3.05) is 0 Å². The van der Waals surface area contributed by atoms with E-state index < -0.39 is 6.17 Å². The van der Waals surface area contributed by atoms with E-state index in [0.29, 0.717) is 5.92 Å². The second-order valence-corrected chi connectivity index (χ2v) is 2.87. The molecule has 1 unspecified atom stereocenters. The Balaban J connectivity index is 2.23. The van der Waals surface area contributed by atoms with Gasteiger partial charge in [0.1, 0.15) is 6.17 Å². The number of alkyl halides is 1. The largest absolute Gasteiger partial charge is 0.247 e. The summed E-state index contributed by atoms with van der Waals surface area (Å²) >= 11 is 0. The molecule has 1 aliphatic carbocycles. The molecular formula is C7H13F. The van der Waals surface area contributed by atoms with Crippen LogP contribution in [0.2, 0.25) is 0 Å². The molecule has 1 saturated carbocycles. The van der Waals surface area contributed by atoms with Gasteiger partial charge in [0.25, 0.3) is 0 Å². The molecular weight excluding hydrogens is 103 g/mol.